The SMILES string of the molecule is CC1=C2C[C@H]3[C@@H](CCC4CC(NS(C)(=O)=O)CC[C@@]43C)[C@@H]2CC[C@@]2(C1)O[C@@H]1C[C@H](C)CN=C1[C@H]2C. The summed E-state index contributed by atoms with van der Waals surface area (Å²) in [5.74, 6) is 4.01. The average Bonchev–Trinajstić information content (AvgIpc) is 3.23. The van der Waals surface area contributed by atoms with Crippen LogP contribution in [0.1, 0.15) is 91.9 Å². The Morgan fingerprint density at radius 2 is 1.89 bits per heavy atom. The number of sulfonamides is 1. The second-order valence-electron chi connectivity index (χ2n) is 13.7. The smallest absolute Gasteiger partial charge is 0.208 e. The van der Waals surface area contributed by atoms with Crippen LogP contribution in [0.2, 0.25) is 0 Å². The van der Waals surface area contributed by atoms with Crippen LogP contribution >= 0.6 is 0 Å². The van der Waals surface area contributed by atoms with E-state index in [1.807, 2.05) is 0 Å². The maximum Gasteiger partial charge on any atom is 0.208 e. The molecule has 0 bridgehead atoms. The fourth-order valence-electron chi connectivity index (χ4n) is 9.86. The third-order valence-electron chi connectivity index (χ3n) is 11.7. The Morgan fingerprint density at radius 3 is 2.66 bits per heavy atom. The van der Waals surface area contributed by atoms with Gasteiger partial charge in [0, 0.05) is 24.2 Å². The Hall–Kier alpha value is -0.720. The molecule has 35 heavy (non-hydrogen) atoms. The van der Waals surface area contributed by atoms with Crippen molar-refractivity contribution in [1.82, 2.24) is 4.72 Å². The summed E-state index contributed by atoms with van der Waals surface area (Å²) in [6, 6.07) is 0.127. The Morgan fingerprint density at radius 1 is 1.09 bits per heavy atom. The summed E-state index contributed by atoms with van der Waals surface area (Å²) >= 11 is 0. The molecule has 2 unspecified atom stereocenters. The molecule has 2 heterocycles. The second kappa shape index (κ2) is 8.39. The van der Waals surface area contributed by atoms with Crippen molar-refractivity contribution in [1.29, 1.82) is 0 Å². The number of ether oxygens (including phenoxy) is 1. The summed E-state index contributed by atoms with van der Waals surface area (Å²) in [5.41, 5.74) is 5.07. The molecule has 6 heteroatoms. The number of hydrogen-bond donors (Lipinski definition) is 1. The van der Waals surface area contributed by atoms with Crippen molar-refractivity contribution >= 4 is 15.7 Å². The monoisotopic (exact) mass is 502 g/mol. The molecule has 6 rings (SSSR count). The Kier molecular flexibility index (Phi) is 5.90. The zero-order valence-corrected chi connectivity index (χ0v) is 23.3. The van der Waals surface area contributed by atoms with E-state index < -0.39 is 10.0 Å². The van der Waals surface area contributed by atoms with Crippen LogP contribution in [0.5, 0.6) is 0 Å². The number of rotatable bonds is 2. The van der Waals surface area contributed by atoms with Crippen LogP contribution < -0.4 is 4.72 Å². The Labute approximate surface area is 213 Å². The number of nitrogens with zero attached hydrogens (tertiary/aromatic N) is 1. The van der Waals surface area contributed by atoms with E-state index >= 15 is 0 Å². The first-order valence-electron chi connectivity index (χ1n) is 14.4. The zero-order valence-electron chi connectivity index (χ0n) is 22.5. The first-order chi connectivity index (χ1) is 16.5. The van der Waals surface area contributed by atoms with E-state index in [0.29, 0.717) is 23.2 Å². The molecule has 5 nitrogen and oxygen atoms in total. The molecule has 2 aliphatic heterocycles. The molecule has 0 amide bonds. The number of fused-ring (bicyclic) bond motifs is 6. The largest absolute Gasteiger partial charge is 0.365 e. The Bertz CT molecular complexity index is 1050. The number of hydrogen-bond acceptors (Lipinski definition) is 4. The van der Waals surface area contributed by atoms with Crippen LogP contribution in [0.4, 0.5) is 0 Å². The molecule has 10 atom stereocenters. The van der Waals surface area contributed by atoms with E-state index in [-0.39, 0.29) is 17.7 Å². The van der Waals surface area contributed by atoms with Gasteiger partial charge in [0.05, 0.1) is 18.0 Å². The van der Waals surface area contributed by atoms with E-state index in [2.05, 4.69) is 32.4 Å². The van der Waals surface area contributed by atoms with Crippen molar-refractivity contribution in [2.45, 2.75) is 110 Å². The molecule has 0 radical (unpaired) electrons. The van der Waals surface area contributed by atoms with Crippen LogP contribution in [0, 0.1) is 40.9 Å². The predicted molar refractivity (Wildman–Crippen MR) is 141 cm³/mol. The molecular weight excluding hydrogens is 456 g/mol. The lowest BCUT2D eigenvalue weighted by Gasteiger charge is -2.54. The van der Waals surface area contributed by atoms with E-state index in [9.17, 15) is 8.42 Å². The molecule has 1 N–H and O–H groups in total. The van der Waals surface area contributed by atoms with Gasteiger partial charge in [-0.3, -0.25) is 4.99 Å². The molecule has 0 aromatic heterocycles. The standard InChI is InChI=1S/C29H46N2O3S/c1-17-12-26-27(30-16-17)19(3)29(34-26)11-9-22-23-7-6-20-13-21(31-35(5,32)33)8-10-28(20,4)25(23)14-24(22)18(2)15-29/h17,19-23,25-26,31H,6-16H2,1-5H3/t17-,19+,20?,21?,22-,23-,25-,26+,28-,29-/m0/s1. The van der Waals surface area contributed by atoms with Crippen LogP contribution in [0.3, 0.4) is 0 Å². The molecule has 6 aliphatic rings. The summed E-state index contributed by atoms with van der Waals surface area (Å²) in [4.78, 5) is 5.01. The highest BCUT2D eigenvalue weighted by atomic mass is 32.2. The van der Waals surface area contributed by atoms with Gasteiger partial charge < -0.3 is 4.74 Å². The highest BCUT2D eigenvalue weighted by molar-refractivity contribution is 7.88. The normalized spacial score (nSPS) is 49.7. The number of aliphatic imine (C=N–C) groups is 1. The van der Waals surface area contributed by atoms with E-state index in [0.717, 1.165) is 56.4 Å². The molecule has 3 saturated carbocycles. The average molecular weight is 503 g/mol. The van der Waals surface area contributed by atoms with Gasteiger partial charge in [-0.1, -0.05) is 31.9 Å². The summed E-state index contributed by atoms with van der Waals surface area (Å²) in [6.07, 6.45) is 13.2. The lowest BCUT2D eigenvalue weighted by molar-refractivity contribution is -0.0706. The van der Waals surface area contributed by atoms with Gasteiger partial charge >= 0.3 is 0 Å². The molecule has 4 fully saturated rings. The van der Waals surface area contributed by atoms with Gasteiger partial charge in [-0.15, -0.1) is 0 Å². The molecule has 4 aliphatic carbocycles. The van der Waals surface area contributed by atoms with Crippen LogP contribution in [0.25, 0.3) is 0 Å². The van der Waals surface area contributed by atoms with Gasteiger partial charge in [0.25, 0.3) is 0 Å². The molecular formula is C29H46N2O3S. The fraction of sp³-hybridized carbons (Fsp3) is 0.897. The van der Waals surface area contributed by atoms with Crippen LogP contribution in [0.15, 0.2) is 16.1 Å². The minimum Gasteiger partial charge on any atom is -0.365 e. The molecule has 0 aromatic carbocycles. The topological polar surface area (TPSA) is 67.8 Å². The van der Waals surface area contributed by atoms with Gasteiger partial charge in [0.15, 0.2) is 0 Å². The molecule has 0 aromatic rings. The summed E-state index contributed by atoms with van der Waals surface area (Å²) in [5, 5.41) is 0. The predicted octanol–water partition coefficient (Wildman–Crippen LogP) is 5.51. The minimum absolute atomic E-state index is 0.0407. The lowest BCUT2D eigenvalue weighted by atomic mass is 9.52. The van der Waals surface area contributed by atoms with Crippen molar-refractivity contribution in [2.75, 3.05) is 12.8 Å². The second-order valence-corrected chi connectivity index (χ2v) is 15.5. The van der Waals surface area contributed by atoms with Gasteiger partial charge in [-0.05, 0) is 106 Å². The van der Waals surface area contributed by atoms with E-state index in [4.69, 9.17) is 9.73 Å². The minimum atomic E-state index is -3.13. The number of allylic oxidation sites excluding steroid dienone is 1. The third-order valence-corrected chi connectivity index (χ3v) is 12.4. The highest BCUT2D eigenvalue weighted by Gasteiger charge is 2.58. The maximum absolute atomic E-state index is 11.9. The molecule has 196 valence electrons. The lowest BCUT2D eigenvalue weighted by Crippen LogP contribution is -2.50. The summed E-state index contributed by atoms with van der Waals surface area (Å²) < 4.78 is 33.6. The summed E-state index contributed by atoms with van der Waals surface area (Å²) in [7, 11) is -3.13. The van der Waals surface area contributed by atoms with Crippen LogP contribution in [-0.4, -0.2) is 44.7 Å². The summed E-state index contributed by atoms with van der Waals surface area (Å²) in [6.45, 7) is 10.7. The van der Waals surface area contributed by atoms with E-state index in [1.165, 1.54) is 44.1 Å². The van der Waals surface area contributed by atoms with Crippen molar-refractivity contribution in [3.05, 3.63) is 11.1 Å². The molecule has 1 spiro atoms. The van der Waals surface area contributed by atoms with Crippen LogP contribution in [-0.2, 0) is 14.8 Å². The van der Waals surface area contributed by atoms with Crippen molar-refractivity contribution < 1.29 is 13.2 Å². The Balaban J connectivity index is 1.23. The van der Waals surface area contributed by atoms with Crippen molar-refractivity contribution in [2.24, 2.45) is 45.9 Å². The third kappa shape index (κ3) is 4.00. The van der Waals surface area contributed by atoms with Gasteiger partial charge in [0.2, 0.25) is 10.0 Å². The maximum atomic E-state index is 11.9. The van der Waals surface area contributed by atoms with E-state index in [1.54, 1.807) is 11.1 Å². The van der Waals surface area contributed by atoms with Gasteiger partial charge in [-0.25, -0.2) is 13.1 Å². The highest BCUT2D eigenvalue weighted by Crippen LogP contribution is 2.65. The van der Waals surface area contributed by atoms with Gasteiger partial charge in [-0.2, -0.15) is 0 Å². The first kappa shape index (κ1) is 24.6. The van der Waals surface area contributed by atoms with Crippen molar-refractivity contribution in [3.63, 3.8) is 0 Å². The fourth-order valence-corrected chi connectivity index (χ4v) is 10.7. The zero-order chi connectivity index (χ0) is 24.8. The van der Waals surface area contributed by atoms with Gasteiger partial charge in [0.1, 0.15) is 0 Å². The van der Waals surface area contributed by atoms with Crippen molar-refractivity contribution in [3.8, 4) is 0 Å². The molecule has 1 saturated heterocycles. The quantitative estimate of drug-likeness (QED) is 0.506. The number of nitrogens with one attached hydrogen (secondary N) is 1. The first-order valence-corrected chi connectivity index (χ1v) is 16.3.